The summed E-state index contributed by atoms with van der Waals surface area (Å²) in [6, 6.07) is 15.3. The van der Waals surface area contributed by atoms with Gasteiger partial charge in [-0.25, -0.2) is 4.98 Å². The fourth-order valence-corrected chi connectivity index (χ4v) is 2.50. The Morgan fingerprint density at radius 1 is 1.11 bits per heavy atom. The lowest BCUT2D eigenvalue weighted by Crippen LogP contribution is -2.20. The Hall–Kier alpha value is -1.94. The van der Waals surface area contributed by atoms with Gasteiger partial charge < -0.3 is 4.57 Å². The molecule has 2 aromatic carbocycles. The SMILES string of the molecule is Cn1c(=O)c(-c2cccc(Br)c2)nc2ccccc21. The van der Waals surface area contributed by atoms with Gasteiger partial charge >= 0.3 is 0 Å². The van der Waals surface area contributed by atoms with Crippen molar-refractivity contribution >= 4 is 27.0 Å². The van der Waals surface area contributed by atoms with Gasteiger partial charge in [-0.1, -0.05) is 40.2 Å². The molecule has 0 bridgehead atoms. The van der Waals surface area contributed by atoms with Gasteiger partial charge in [-0.3, -0.25) is 4.79 Å². The Morgan fingerprint density at radius 3 is 2.68 bits per heavy atom. The Morgan fingerprint density at radius 2 is 1.89 bits per heavy atom. The van der Waals surface area contributed by atoms with Crippen molar-refractivity contribution in [3.8, 4) is 11.3 Å². The van der Waals surface area contributed by atoms with Crippen molar-refractivity contribution in [1.29, 1.82) is 0 Å². The van der Waals surface area contributed by atoms with E-state index >= 15 is 0 Å². The highest BCUT2D eigenvalue weighted by Gasteiger charge is 2.10. The van der Waals surface area contributed by atoms with E-state index in [1.54, 1.807) is 11.6 Å². The van der Waals surface area contributed by atoms with Gasteiger partial charge in [0.05, 0.1) is 11.0 Å². The second-order valence-electron chi connectivity index (χ2n) is 4.32. The van der Waals surface area contributed by atoms with Crippen molar-refractivity contribution in [1.82, 2.24) is 9.55 Å². The van der Waals surface area contributed by atoms with Crippen LogP contribution in [-0.4, -0.2) is 9.55 Å². The topological polar surface area (TPSA) is 34.9 Å². The fraction of sp³-hybridized carbons (Fsp3) is 0.0667. The number of benzene rings is 2. The van der Waals surface area contributed by atoms with Crippen LogP contribution in [0.1, 0.15) is 0 Å². The summed E-state index contributed by atoms with van der Waals surface area (Å²) in [5, 5.41) is 0. The Kier molecular flexibility index (Phi) is 2.95. The number of nitrogens with zero attached hydrogens (tertiary/aromatic N) is 2. The van der Waals surface area contributed by atoms with Gasteiger partial charge in [0.2, 0.25) is 0 Å². The average Bonchev–Trinajstić information content (AvgIpc) is 2.43. The zero-order valence-corrected chi connectivity index (χ0v) is 11.9. The third-order valence-corrected chi connectivity index (χ3v) is 3.57. The number of rotatable bonds is 1. The smallest absolute Gasteiger partial charge is 0.277 e. The second-order valence-corrected chi connectivity index (χ2v) is 5.24. The molecule has 0 saturated heterocycles. The molecule has 0 aliphatic heterocycles. The van der Waals surface area contributed by atoms with E-state index in [0.29, 0.717) is 5.69 Å². The molecule has 0 N–H and O–H groups in total. The lowest BCUT2D eigenvalue weighted by Gasteiger charge is -2.08. The monoisotopic (exact) mass is 314 g/mol. The van der Waals surface area contributed by atoms with E-state index in [-0.39, 0.29) is 5.56 Å². The molecule has 0 fully saturated rings. The first-order valence-corrected chi connectivity index (χ1v) is 6.68. The normalized spacial score (nSPS) is 10.8. The first-order valence-electron chi connectivity index (χ1n) is 5.88. The molecule has 0 saturated carbocycles. The summed E-state index contributed by atoms with van der Waals surface area (Å²) in [5.74, 6) is 0. The lowest BCUT2D eigenvalue weighted by atomic mass is 10.1. The molecule has 19 heavy (non-hydrogen) atoms. The third kappa shape index (κ3) is 2.08. The zero-order chi connectivity index (χ0) is 13.4. The van der Waals surface area contributed by atoms with Crippen LogP contribution >= 0.6 is 15.9 Å². The van der Waals surface area contributed by atoms with E-state index in [4.69, 9.17) is 0 Å². The van der Waals surface area contributed by atoms with Crippen LogP contribution in [0, 0.1) is 0 Å². The molecule has 3 nitrogen and oxygen atoms in total. The molecular formula is C15H11BrN2O. The van der Waals surface area contributed by atoms with Gasteiger partial charge in [-0.2, -0.15) is 0 Å². The van der Waals surface area contributed by atoms with Gasteiger partial charge in [0.15, 0.2) is 0 Å². The van der Waals surface area contributed by atoms with Crippen LogP contribution in [0.2, 0.25) is 0 Å². The summed E-state index contributed by atoms with van der Waals surface area (Å²) >= 11 is 3.42. The van der Waals surface area contributed by atoms with E-state index in [0.717, 1.165) is 21.1 Å². The number of para-hydroxylation sites is 2. The minimum Gasteiger partial charge on any atom is -0.308 e. The molecule has 1 aromatic heterocycles. The van der Waals surface area contributed by atoms with E-state index < -0.39 is 0 Å². The molecule has 0 aliphatic carbocycles. The van der Waals surface area contributed by atoms with E-state index in [1.165, 1.54) is 0 Å². The first-order chi connectivity index (χ1) is 9.16. The second kappa shape index (κ2) is 4.63. The maximum absolute atomic E-state index is 12.4. The van der Waals surface area contributed by atoms with Gasteiger partial charge in [0.25, 0.3) is 5.56 Å². The summed E-state index contributed by atoms with van der Waals surface area (Å²) in [7, 11) is 1.77. The van der Waals surface area contributed by atoms with Gasteiger partial charge in [0, 0.05) is 17.1 Å². The first kappa shape index (κ1) is 12.1. The average molecular weight is 315 g/mol. The number of fused-ring (bicyclic) bond motifs is 1. The van der Waals surface area contributed by atoms with Crippen molar-refractivity contribution in [2.45, 2.75) is 0 Å². The maximum Gasteiger partial charge on any atom is 0.277 e. The summed E-state index contributed by atoms with van der Waals surface area (Å²) < 4.78 is 2.57. The third-order valence-electron chi connectivity index (χ3n) is 3.08. The largest absolute Gasteiger partial charge is 0.308 e. The van der Waals surface area contributed by atoms with Crippen LogP contribution in [0.4, 0.5) is 0 Å². The molecule has 94 valence electrons. The van der Waals surface area contributed by atoms with Gasteiger partial charge in [-0.15, -0.1) is 0 Å². The van der Waals surface area contributed by atoms with Crippen molar-refractivity contribution in [2.75, 3.05) is 0 Å². The van der Waals surface area contributed by atoms with Crippen LogP contribution in [0.25, 0.3) is 22.3 Å². The lowest BCUT2D eigenvalue weighted by molar-refractivity contribution is 0.895. The molecule has 1 heterocycles. The molecule has 4 heteroatoms. The summed E-state index contributed by atoms with van der Waals surface area (Å²) in [6.45, 7) is 0. The number of halogens is 1. The number of hydrogen-bond donors (Lipinski definition) is 0. The minimum absolute atomic E-state index is 0.0863. The van der Waals surface area contributed by atoms with Crippen LogP contribution in [0.5, 0.6) is 0 Å². The van der Waals surface area contributed by atoms with Crippen LogP contribution in [-0.2, 0) is 7.05 Å². The van der Waals surface area contributed by atoms with Crippen molar-refractivity contribution in [3.05, 3.63) is 63.4 Å². The quantitative estimate of drug-likeness (QED) is 0.690. The molecule has 3 rings (SSSR count). The van der Waals surface area contributed by atoms with E-state index in [2.05, 4.69) is 20.9 Å². The zero-order valence-electron chi connectivity index (χ0n) is 10.3. The van der Waals surface area contributed by atoms with Crippen molar-refractivity contribution in [2.24, 2.45) is 7.05 Å². The van der Waals surface area contributed by atoms with Crippen LogP contribution in [0.3, 0.4) is 0 Å². The summed E-state index contributed by atoms with van der Waals surface area (Å²) in [4.78, 5) is 16.9. The molecule has 0 radical (unpaired) electrons. The van der Waals surface area contributed by atoms with Crippen molar-refractivity contribution in [3.63, 3.8) is 0 Å². The highest BCUT2D eigenvalue weighted by Crippen LogP contribution is 2.20. The van der Waals surface area contributed by atoms with E-state index in [9.17, 15) is 4.79 Å². The molecule has 0 aliphatic rings. The molecule has 0 atom stereocenters. The highest BCUT2D eigenvalue weighted by atomic mass is 79.9. The van der Waals surface area contributed by atoms with Crippen LogP contribution < -0.4 is 5.56 Å². The Balaban J connectivity index is 2.36. The number of aryl methyl sites for hydroxylation is 1. The highest BCUT2D eigenvalue weighted by molar-refractivity contribution is 9.10. The predicted octanol–water partition coefficient (Wildman–Crippen LogP) is 3.36. The Bertz CT molecular complexity index is 824. The van der Waals surface area contributed by atoms with E-state index in [1.807, 2.05) is 48.5 Å². The molecule has 3 aromatic rings. The minimum atomic E-state index is -0.0863. The molecule has 0 spiro atoms. The van der Waals surface area contributed by atoms with Gasteiger partial charge in [0.1, 0.15) is 5.69 Å². The number of aromatic nitrogens is 2. The van der Waals surface area contributed by atoms with Crippen molar-refractivity contribution < 1.29 is 0 Å². The summed E-state index contributed by atoms with van der Waals surface area (Å²) in [6.07, 6.45) is 0. The fourth-order valence-electron chi connectivity index (χ4n) is 2.10. The van der Waals surface area contributed by atoms with Crippen LogP contribution in [0.15, 0.2) is 57.8 Å². The predicted molar refractivity (Wildman–Crippen MR) is 80.1 cm³/mol. The van der Waals surface area contributed by atoms with Gasteiger partial charge in [-0.05, 0) is 24.3 Å². The summed E-state index contributed by atoms with van der Waals surface area (Å²) in [5.41, 5.74) is 2.87. The molecule has 0 amide bonds. The molecule has 0 unspecified atom stereocenters. The Labute approximate surface area is 118 Å². The molecular weight excluding hydrogens is 304 g/mol. The standard InChI is InChI=1S/C15H11BrN2O/c1-18-13-8-3-2-7-12(13)17-14(15(18)19)10-5-4-6-11(16)9-10/h2-9H,1H3. The maximum atomic E-state index is 12.4. The number of hydrogen-bond acceptors (Lipinski definition) is 2.